The average Bonchev–Trinajstić information content (AvgIpc) is 2.69. The van der Waals surface area contributed by atoms with E-state index in [0.717, 1.165) is 36.5 Å². The Kier molecular flexibility index (Phi) is 8.82. The Balaban J connectivity index is 0.000000221. The van der Waals surface area contributed by atoms with E-state index in [2.05, 4.69) is 17.5 Å². The Morgan fingerprint density at radius 3 is 2.11 bits per heavy atom. The predicted molar refractivity (Wildman–Crippen MR) is 111 cm³/mol. The molecule has 7 heteroatoms. The second-order valence-electron chi connectivity index (χ2n) is 6.90. The van der Waals surface area contributed by atoms with Crippen LogP contribution in [0.25, 0.3) is 11.1 Å². The van der Waals surface area contributed by atoms with Gasteiger partial charge in [-0.15, -0.1) is 12.6 Å². The number of nitrogens with two attached hydrogens (primary N) is 2. The van der Waals surface area contributed by atoms with E-state index in [1.807, 2.05) is 0 Å². The standard InChI is InChI=1S/C13H9F3S.C8H19N3/c14-13(15,16)12-4-2-1-3-11(12)9-5-7-10(17)8-6-9;9-3-6-11-4-1-8(7-10)2-5-11/h1-8,17H;8H,1-7,9-10H2. The molecule has 0 radical (unpaired) electrons. The van der Waals surface area contributed by atoms with Crippen molar-refractivity contribution in [3.05, 3.63) is 54.1 Å². The normalized spacial score (nSPS) is 15.8. The number of likely N-dealkylation sites (tertiary alicyclic amines) is 1. The van der Waals surface area contributed by atoms with Crippen molar-refractivity contribution in [3.63, 3.8) is 0 Å². The van der Waals surface area contributed by atoms with Crippen LogP contribution in [0.1, 0.15) is 18.4 Å². The molecule has 1 heterocycles. The molecule has 1 fully saturated rings. The van der Waals surface area contributed by atoms with E-state index < -0.39 is 11.7 Å². The number of hydrogen-bond acceptors (Lipinski definition) is 4. The lowest BCUT2D eigenvalue weighted by Crippen LogP contribution is -2.38. The zero-order valence-electron chi connectivity index (χ0n) is 15.8. The van der Waals surface area contributed by atoms with E-state index >= 15 is 0 Å². The number of nitrogens with zero attached hydrogens (tertiary/aromatic N) is 1. The second-order valence-corrected chi connectivity index (χ2v) is 7.42. The largest absolute Gasteiger partial charge is 0.417 e. The molecular formula is C21H28F3N3S. The van der Waals surface area contributed by atoms with E-state index in [9.17, 15) is 13.2 Å². The van der Waals surface area contributed by atoms with Gasteiger partial charge in [-0.25, -0.2) is 0 Å². The highest BCUT2D eigenvalue weighted by Gasteiger charge is 2.33. The van der Waals surface area contributed by atoms with Gasteiger partial charge in [0.25, 0.3) is 0 Å². The molecule has 1 aliphatic heterocycles. The van der Waals surface area contributed by atoms with Crippen LogP contribution in [-0.2, 0) is 6.18 Å². The van der Waals surface area contributed by atoms with Gasteiger partial charge in [0, 0.05) is 18.0 Å². The van der Waals surface area contributed by atoms with Crippen LogP contribution >= 0.6 is 12.6 Å². The summed E-state index contributed by atoms with van der Waals surface area (Å²) in [5.41, 5.74) is 11.1. The summed E-state index contributed by atoms with van der Waals surface area (Å²) in [6.07, 6.45) is -1.82. The first-order valence-electron chi connectivity index (χ1n) is 9.43. The smallest absolute Gasteiger partial charge is 0.330 e. The predicted octanol–water partition coefficient (Wildman–Crippen LogP) is 4.28. The molecule has 0 unspecified atom stereocenters. The first-order valence-corrected chi connectivity index (χ1v) is 9.88. The summed E-state index contributed by atoms with van der Waals surface area (Å²) >= 11 is 4.10. The van der Waals surface area contributed by atoms with Gasteiger partial charge in [0.15, 0.2) is 0 Å². The molecule has 2 aromatic carbocycles. The summed E-state index contributed by atoms with van der Waals surface area (Å²) in [6, 6.07) is 12.1. The number of alkyl halides is 3. The Labute approximate surface area is 170 Å². The first kappa shape index (κ1) is 22.7. The minimum Gasteiger partial charge on any atom is -0.330 e. The van der Waals surface area contributed by atoms with Gasteiger partial charge in [0.2, 0.25) is 0 Å². The molecule has 0 bridgehead atoms. The molecule has 4 N–H and O–H groups in total. The highest BCUT2D eigenvalue weighted by molar-refractivity contribution is 7.80. The van der Waals surface area contributed by atoms with E-state index in [4.69, 9.17) is 11.5 Å². The van der Waals surface area contributed by atoms with E-state index in [1.54, 1.807) is 30.3 Å². The lowest BCUT2D eigenvalue weighted by molar-refractivity contribution is -0.137. The van der Waals surface area contributed by atoms with E-state index in [-0.39, 0.29) is 5.56 Å². The molecule has 1 saturated heterocycles. The van der Waals surface area contributed by atoms with E-state index in [0.29, 0.717) is 5.56 Å². The monoisotopic (exact) mass is 411 g/mol. The molecule has 154 valence electrons. The van der Waals surface area contributed by atoms with E-state index in [1.165, 1.54) is 38.1 Å². The number of halogens is 3. The number of piperidine rings is 1. The molecule has 0 aromatic heterocycles. The Bertz CT molecular complexity index is 712. The SMILES string of the molecule is FC(F)(F)c1ccccc1-c1ccc(S)cc1.NCCN1CCC(CN)CC1. The van der Waals surface area contributed by atoms with Crippen LogP contribution in [0.2, 0.25) is 0 Å². The number of rotatable bonds is 4. The van der Waals surface area contributed by atoms with Crippen LogP contribution < -0.4 is 11.5 Å². The lowest BCUT2D eigenvalue weighted by Gasteiger charge is -2.30. The van der Waals surface area contributed by atoms with Crippen LogP contribution in [0.4, 0.5) is 13.2 Å². The van der Waals surface area contributed by atoms with Crippen molar-refractivity contribution in [1.29, 1.82) is 0 Å². The van der Waals surface area contributed by atoms with Crippen molar-refractivity contribution in [1.82, 2.24) is 4.90 Å². The van der Waals surface area contributed by atoms with Crippen molar-refractivity contribution in [2.24, 2.45) is 17.4 Å². The lowest BCUT2D eigenvalue weighted by atomic mass is 9.97. The Morgan fingerprint density at radius 2 is 1.57 bits per heavy atom. The third-order valence-electron chi connectivity index (χ3n) is 4.90. The summed E-state index contributed by atoms with van der Waals surface area (Å²) in [6.45, 7) is 5.08. The molecule has 3 nitrogen and oxygen atoms in total. The van der Waals surface area contributed by atoms with Crippen LogP contribution in [0, 0.1) is 5.92 Å². The zero-order valence-corrected chi connectivity index (χ0v) is 16.7. The van der Waals surface area contributed by atoms with Crippen molar-refractivity contribution >= 4 is 12.6 Å². The molecule has 2 aromatic rings. The van der Waals surface area contributed by atoms with Crippen LogP contribution in [-0.4, -0.2) is 37.6 Å². The van der Waals surface area contributed by atoms with Crippen molar-refractivity contribution in [2.45, 2.75) is 23.9 Å². The maximum atomic E-state index is 12.8. The number of hydrogen-bond donors (Lipinski definition) is 3. The average molecular weight is 412 g/mol. The summed E-state index contributed by atoms with van der Waals surface area (Å²) in [7, 11) is 0. The maximum absolute atomic E-state index is 12.8. The summed E-state index contributed by atoms with van der Waals surface area (Å²) in [5, 5.41) is 0. The van der Waals surface area contributed by atoms with Gasteiger partial charge < -0.3 is 16.4 Å². The highest BCUT2D eigenvalue weighted by atomic mass is 32.1. The van der Waals surface area contributed by atoms with Crippen LogP contribution in [0.3, 0.4) is 0 Å². The molecule has 3 rings (SSSR count). The van der Waals surface area contributed by atoms with Crippen molar-refractivity contribution in [3.8, 4) is 11.1 Å². The summed E-state index contributed by atoms with van der Waals surface area (Å²) < 4.78 is 38.4. The Morgan fingerprint density at radius 1 is 0.964 bits per heavy atom. The molecule has 0 saturated carbocycles. The quantitative estimate of drug-likeness (QED) is 0.659. The number of thiol groups is 1. The minimum absolute atomic E-state index is 0.188. The first-order chi connectivity index (χ1) is 13.3. The van der Waals surface area contributed by atoms with Crippen LogP contribution in [0.5, 0.6) is 0 Å². The van der Waals surface area contributed by atoms with Crippen molar-refractivity contribution < 1.29 is 13.2 Å². The third-order valence-corrected chi connectivity index (χ3v) is 5.19. The molecule has 0 aliphatic carbocycles. The Hall–Kier alpha value is -1.54. The van der Waals surface area contributed by atoms with Gasteiger partial charge in [-0.2, -0.15) is 13.2 Å². The molecule has 0 atom stereocenters. The summed E-state index contributed by atoms with van der Waals surface area (Å²) in [5.74, 6) is 0.768. The minimum atomic E-state index is -4.34. The van der Waals surface area contributed by atoms with Gasteiger partial charge >= 0.3 is 6.18 Å². The number of benzene rings is 2. The van der Waals surface area contributed by atoms with Gasteiger partial charge in [-0.1, -0.05) is 30.3 Å². The fraction of sp³-hybridized carbons (Fsp3) is 0.429. The van der Waals surface area contributed by atoms with Gasteiger partial charge in [-0.05, 0) is 67.7 Å². The fourth-order valence-corrected chi connectivity index (χ4v) is 3.40. The molecule has 28 heavy (non-hydrogen) atoms. The maximum Gasteiger partial charge on any atom is 0.417 e. The highest BCUT2D eigenvalue weighted by Crippen LogP contribution is 2.36. The van der Waals surface area contributed by atoms with Crippen LogP contribution in [0.15, 0.2) is 53.4 Å². The fourth-order valence-electron chi connectivity index (χ4n) is 3.25. The van der Waals surface area contributed by atoms with Gasteiger partial charge in [0.05, 0.1) is 5.56 Å². The van der Waals surface area contributed by atoms with Crippen molar-refractivity contribution in [2.75, 3.05) is 32.7 Å². The molecule has 1 aliphatic rings. The zero-order chi connectivity index (χ0) is 20.6. The molecular weight excluding hydrogens is 383 g/mol. The third kappa shape index (κ3) is 6.81. The van der Waals surface area contributed by atoms with Gasteiger partial charge in [-0.3, -0.25) is 0 Å². The topological polar surface area (TPSA) is 55.3 Å². The second kappa shape index (κ2) is 10.9. The molecule has 0 amide bonds. The summed E-state index contributed by atoms with van der Waals surface area (Å²) in [4.78, 5) is 3.14. The van der Waals surface area contributed by atoms with Gasteiger partial charge in [0.1, 0.15) is 0 Å². The molecule has 0 spiro atoms.